The number of hydrogen-bond acceptors (Lipinski definition) is 3. The Bertz CT molecular complexity index is 687. The molecule has 1 aromatic carbocycles. The molecule has 4 nitrogen and oxygen atoms in total. The molecule has 4 heteroatoms. The lowest BCUT2D eigenvalue weighted by atomic mass is 9.99. The molecular formula is C17H19NO3. The first-order valence-electron chi connectivity index (χ1n) is 7.17. The molecule has 1 aliphatic rings. The Balaban J connectivity index is 1.86. The lowest BCUT2D eigenvalue weighted by Gasteiger charge is -2.26. The number of aryl methyl sites for hydroxylation is 2. The first-order valence-corrected chi connectivity index (χ1v) is 7.17. The number of carbonyl (C=O) groups excluding carboxylic acids is 1. The van der Waals surface area contributed by atoms with Crippen molar-refractivity contribution in [3.8, 4) is 5.75 Å². The molecule has 1 unspecified atom stereocenters. The predicted molar refractivity (Wildman–Crippen MR) is 79.7 cm³/mol. The summed E-state index contributed by atoms with van der Waals surface area (Å²) < 4.78 is 11.2. The maximum Gasteiger partial charge on any atom is 0.255 e. The van der Waals surface area contributed by atoms with Crippen LogP contribution >= 0.6 is 0 Å². The summed E-state index contributed by atoms with van der Waals surface area (Å²) in [6.45, 7) is 6.23. The number of para-hydroxylation sites is 1. The van der Waals surface area contributed by atoms with E-state index in [4.69, 9.17) is 9.15 Å². The van der Waals surface area contributed by atoms with Crippen LogP contribution in [0.1, 0.15) is 45.5 Å². The molecule has 0 fully saturated rings. The Kier molecular flexibility index (Phi) is 3.45. The van der Waals surface area contributed by atoms with E-state index in [0.717, 1.165) is 29.1 Å². The number of furan rings is 1. The number of amides is 1. The van der Waals surface area contributed by atoms with E-state index in [9.17, 15) is 4.79 Å². The van der Waals surface area contributed by atoms with E-state index in [2.05, 4.69) is 5.32 Å². The standard InChI is InChI=1S/C17H19NO3/c1-10-11(2)21-12(3)16(10)17(19)18-14-8-9-20-15-7-5-4-6-13(14)15/h4-7,14H,8-9H2,1-3H3,(H,18,19). The van der Waals surface area contributed by atoms with E-state index >= 15 is 0 Å². The summed E-state index contributed by atoms with van der Waals surface area (Å²) >= 11 is 0. The van der Waals surface area contributed by atoms with Crippen molar-refractivity contribution in [3.05, 3.63) is 52.5 Å². The second-order valence-electron chi connectivity index (χ2n) is 5.42. The summed E-state index contributed by atoms with van der Waals surface area (Å²) in [5.74, 6) is 2.24. The topological polar surface area (TPSA) is 51.5 Å². The van der Waals surface area contributed by atoms with E-state index in [0.29, 0.717) is 17.9 Å². The minimum Gasteiger partial charge on any atom is -0.493 e. The third-order valence-electron chi connectivity index (χ3n) is 4.05. The van der Waals surface area contributed by atoms with Crippen LogP contribution in [0.3, 0.4) is 0 Å². The molecule has 1 atom stereocenters. The van der Waals surface area contributed by atoms with E-state index < -0.39 is 0 Å². The van der Waals surface area contributed by atoms with Gasteiger partial charge in [-0.2, -0.15) is 0 Å². The Morgan fingerprint density at radius 3 is 2.67 bits per heavy atom. The van der Waals surface area contributed by atoms with Gasteiger partial charge in [0.2, 0.25) is 0 Å². The van der Waals surface area contributed by atoms with Crippen LogP contribution in [-0.4, -0.2) is 12.5 Å². The fourth-order valence-corrected chi connectivity index (χ4v) is 2.85. The largest absolute Gasteiger partial charge is 0.493 e. The molecule has 0 aliphatic carbocycles. The molecule has 1 N–H and O–H groups in total. The van der Waals surface area contributed by atoms with Gasteiger partial charge in [-0.3, -0.25) is 4.79 Å². The van der Waals surface area contributed by atoms with Crippen molar-refractivity contribution in [2.24, 2.45) is 0 Å². The normalized spacial score (nSPS) is 17.0. The van der Waals surface area contributed by atoms with Crippen LogP contribution in [0.5, 0.6) is 5.75 Å². The van der Waals surface area contributed by atoms with Gasteiger partial charge in [-0.15, -0.1) is 0 Å². The number of rotatable bonds is 2. The van der Waals surface area contributed by atoms with E-state index in [1.165, 1.54) is 0 Å². The van der Waals surface area contributed by atoms with Gasteiger partial charge in [0, 0.05) is 17.5 Å². The third kappa shape index (κ3) is 2.42. The minimum atomic E-state index is -0.0800. The highest BCUT2D eigenvalue weighted by Crippen LogP contribution is 2.32. The van der Waals surface area contributed by atoms with Gasteiger partial charge in [0.05, 0.1) is 18.2 Å². The highest BCUT2D eigenvalue weighted by molar-refractivity contribution is 5.97. The van der Waals surface area contributed by atoms with Gasteiger partial charge in [-0.25, -0.2) is 0 Å². The van der Waals surface area contributed by atoms with Gasteiger partial charge in [-0.1, -0.05) is 18.2 Å². The smallest absolute Gasteiger partial charge is 0.255 e. The van der Waals surface area contributed by atoms with Crippen LogP contribution in [-0.2, 0) is 0 Å². The average Bonchev–Trinajstić information content (AvgIpc) is 2.72. The summed E-state index contributed by atoms with van der Waals surface area (Å²) in [5.41, 5.74) is 2.59. The number of hydrogen-bond donors (Lipinski definition) is 1. The Morgan fingerprint density at radius 1 is 1.19 bits per heavy atom. The van der Waals surface area contributed by atoms with Crippen molar-refractivity contribution in [1.29, 1.82) is 0 Å². The summed E-state index contributed by atoms with van der Waals surface area (Å²) in [6.07, 6.45) is 0.775. The molecule has 3 rings (SSSR count). The zero-order chi connectivity index (χ0) is 15.0. The second kappa shape index (κ2) is 5.28. The molecule has 0 bridgehead atoms. The van der Waals surface area contributed by atoms with E-state index in [1.54, 1.807) is 0 Å². The SMILES string of the molecule is Cc1oc(C)c(C(=O)NC2CCOc3ccccc32)c1C. The molecule has 1 aromatic heterocycles. The monoisotopic (exact) mass is 285 g/mol. The van der Waals surface area contributed by atoms with Crippen molar-refractivity contribution in [2.75, 3.05) is 6.61 Å². The fourth-order valence-electron chi connectivity index (χ4n) is 2.85. The first kappa shape index (κ1) is 13.7. The van der Waals surface area contributed by atoms with Crippen LogP contribution in [0, 0.1) is 20.8 Å². The molecule has 1 amide bonds. The van der Waals surface area contributed by atoms with Gasteiger partial charge >= 0.3 is 0 Å². The summed E-state index contributed by atoms with van der Waals surface area (Å²) in [6, 6.07) is 7.82. The number of fused-ring (bicyclic) bond motifs is 1. The molecule has 110 valence electrons. The van der Waals surface area contributed by atoms with Crippen LogP contribution < -0.4 is 10.1 Å². The molecular weight excluding hydrogens is 266 g/mol. The maximum atomic E-state index is 12.6. The van der Waals surface area contributed by atoms with Gasteiger partial charge in [0.25, 0.3) is 5.91 Å². The highest BCUT2D eigenvalue weighted by atomic mass is 16.5. The van der Waals surface area contributed by atoms with Crippen LogP contribution in [0.2, 0.25) is 0 Å². The van der Waals surface area contributed by atoms with Crippen LogP contribution in [0.25, 0.3) is 0 Å². The van der Waals surface area contributed by atoms with Crippen LogP contribution in [0.15, 0.2) is 28.7 Å². The molecule has 0 saturated heterocycles. The Hall–Kier alpha value is -2.23. The van der Waals surface area contributed by atoms with Crippen molar-refractivity contribution in [2.45, 2.75) is 33.2 Å². The maximum absolute atomic E-state index is 12.6. The zero-order valence-corrected chi connectivity index (χ0v) is 12.5. The quantitative estimate of drug-likeness (QED) is 0.919. The number of benzene rings is 1. The van der Waals surface area contributed by atoms with E-state index in [1.807, 2.05) is 45.0 Å². The molecule has 2 aromatic rings. The van der Waals surface area contributed by atoms with Gasteiger partial charge in [-0.05, 0) is 26.8 Å². The highest BCUT2D eigenvalue weighted by Gasteiger charge is 2.25. The number of ether oxygens (including phenoxy) is 1. The molecule has 0 spiro atoms. The summed E-state index contributed by atoms with van der Waals surface area (Å²) in [4.78, 5) is 12.6. The zero-order valence-electron chi connectivity index (χ0n) is 12.5. The van der Waals surface area contributed by atoms with E-state index in [-0.39, 0.29) is 11.9 Å². The second-order valence-corrected chi connectivity index (χ2v) is 5.42. The lowest BCUT2D eigenvalue weighted by molar-refractivity contribution is 0.0923. The fraction of sp³-hybridized carbons (Fsp3) is 0.353. The lowest BCUT2D eigenvalue weighted by Crippen LogP contribution is -2.32. The molecule has 0 saturated carbocycles. The van der Waals surface area contributed by atoms with Gasteiger partial charge in [0.15, 0.2) is 0 Å². The Morgan fingerprint density at radius 2 is 1.95 bits per heavy atom. The summed E-state index contributed by atoms with van der Waals surface area (Å²) in [5, 5.41) is 3.11. The average molecular weight is 285 g/mol. The Labute approximate surface area is 124 Å². The molecule has 0 radical (unpaired) electrons. The van der Waals surface area contributed by atoms with Gasteiger partial charge in [0.1, 0.15) is 17.3 Å². The summed E-state index contributed by atoms with van der Waals surface area (Å²) in [7, 11) is 0. The van der Waals surface area contributed by atoms with Crippen LogP contribution in [0.4, 0.5) is 0 Å². The first-order chi connectivity index (χ1) is 10.1. The predicted octanol–water partition coefficient (Wildman–Crippen LogP) is 3.46. The molecule has 2 heterocycles. The number of nitrogens with one attached hydrogen (secondary N) is 1. The number of carbonyl (C=O) groups is 1. The molecule has 1 aliphatic heterocycles. The van der Waals surface area contributed by atoms with Crippen molar-refractivity contribution in [3.63, 3.8) is 0 Å². The van der Waals surface area contributed by atoms with Crippen molar-refractivity contribution in [1.82, 2.24) is 5.32 Å². The van der Waals surface area contributed by atoms with Gasteiger partial charge < -0.3 is 14.5 Å². The van der Waals surface area contributed by atoms with Crippen molar-refractivity contribution < 1.29 is 13.9 Å². The molecule has 21 heavy (non-hydrogen) atoms. The van der Waals surface area contributed by atoms with Crippen molar-refractivity contribution >= 4 is 5.91 Å². The minimum absolute atomic E-state index is 0.0172. The third-order valence-corrected chi connectivity index (χ3v) is 4.05.